The number of hydrogen-bond acceptors (Lipinski definition) is 3. The minimum absolute atomic E-state index is 0.875. The van der Waals surface area contributed by atoms with Crippen molar-refractivity contribution in [2.75, 3.05) is 6.54 Å². The summed E-state index contributed by atoms with van der Waals surface area (Å²) < 4.78 is 1.80. The number of nitrogens with one attached hydrogen (secondary N) is 1. The van der Waals surface area contributed by atoms with Crippen molar-refractivity contribution >= 4 is 0 Å². The molecule has 2 heterocycles. The summed E-state index contributed by atoms with van der Waals surface area (Å²) in [7, 11) is 0. The van der Waals surface area contributed by atoms with Gasteiger partial charge in [-0.05, 0) is 36.7 Å². The van der Waals surface area contributed by atoms with E-state index in [2.05, 4.69) is 41.4 Å². The molecule has 90 valence electrons. The van der Waals surface area contributed by atoms with Gasteiger partial charge in [0.1, 0.15) is 0 Å². The van der Waals surface area contributed by atoms with E-state index < -0.39 is 0 Å². The van der Waals surface area contributed by atoms with Gasteiger partial charge < -0.3 is 5.32 Å². The normalized spacial score (nSPS) is 10.7. The summed E-state index contributed by atoms with van der Waals surface area (Å²) in [4.78, 5) is 4.58. The molecule has 0 aliphatic carbocycles. The van der Waals surface area contributed by atoms with Crippen LogP contribution >= 0.6 is 0 Å². The van der Waals surface area contributed by atoms with E-state index in [1.54, 1.807) is 10.9 Å². The second-order valence-corrected chi connectivity index (χ2v) is 3.91. The molecular weight excluding hydrogens is 212 g/mol. The molecule has 0 radical (unpaired) electrons. The van der Waals surface area contributed by atoms with Crippen molar-refractivity contribution in [3.05, 3.63) is 41.9 Å². The molecule has 0 unspecified atom stereocenters. The lowest BCUT2D eigenvalue weighted by atomic mass is 10.2. The number of aryl methyl sites for hydroxylation is 1. The van der Waals surface area contributed by atoms with Crippen molar-refractivity contribution in [2.45, 2.75) is 26.8 Å². The van der Waals surface area contributed by atoms with Crippen LogP contribution in [0.4, 0.5) is 0 Å². The zero-order chi connectivity index (χ0) is 12.1. The molecule has 0 amide bonds. The van der Waals surface area contributed by atoms with E-state index in [1.165, 1.54) is 5.56 Å². The van der Waals surface area contributed by atoms with Crippen molar-refractivity contribution in [1.29, 1.82) is 0 Å². The molecule has 2 aromatic rings. The Labute approximate surface area is 102 Å². The molecule has 0 aromatic carbocycles. The van der Waals surface area contributed by atoms with E-state index >= 15 is 0 Å². The van der Waals surface area contributed by atoms with Crippen LogP contribution in [0.25, 0.3) is 5.82 Å². The lowest BCUT2D eigenvalue weighted by Gasteiger charge is -2.08. The lowest BCUT2D eigenvalue weighted by Crippen LogP contribution is -2.13. The van der Waals surface area contributed by atoms with Crippen LogP contribution in [0, 0.1) is 0 Å². The fourth-order valence-electron chi connectivity index (χ4n) is 1.71. The zero-order valence-electron chi connectivity index (χ0n) is 10.3. The summed E-state index contributed by atoms with van der Waals surface area (Å²) in [5.74, 6) is 0.891. The van der Waals surface area contributed by atoms with E-state index in [4.69, 9.17) is 0 Å². The molecule has 0 saturated heterocycles. The molecule has 0 fully saturated rings. The Morgan fingerprint density at radius 1 is 1.29 bits per heavy atom. The average Bonchev–Trinajstić information content (AvgIpc) is 2.89. The highest BCUT2D eigenvalue weighted by atomic mass is 15.3. The highest BCUT2D eigenvalue weighted by Gasteiger charge is 2.03. The van der Waals surface area contributed by atoms with Crippen LogP contribution in [0.1, 0.15) is 25.1 Å². The van der Waals surface area contributed by atoms with Gasteiger partial charge >= 0.3 is 0 Å². The van der Waals surface area contributed by atoms with Gasteiger partial charge in [-0.1, -0.05) is 13.8 Å². The third-order valence-corrected chi connectivity index (χ3v) is 2.61. The zero-order valence-corrected chi connectivity index (χ0v) is 10.3. The number of pyridine rings is 1. The highest BCUT2D eigenvalue weighted by Crippen LogP contribution is 2.10. The second-order valence-electron chi connectivity index (χ2n) is 3.91. The summed E-state index contributed by atoms with van der Waals surface area (Å²) >= 11 is 0. The average molecular weight is 230 g/mol. The van der Waals surface area contributed by atoms with E-state index in [9.17, 15) is 0 Å². The van der Waals surface area contributed by atoms with Gasteiger partial charge in [-0.25, -0.2) is 9.67 Å². The molecule has 17 heavy (non-hydrogen) atoms. The molecular formula is C13H18N4. The summed E-state index contributed by atoms with van der Waals surface area (Å²) in [6.45, 7) is 6.07. The van der Waals surface area contributed by atoms with Crippen molar-refractivity contribution in [2.24, 2.45) is 0 Å². The van der Waals surface area contributed by atoms with Crippen LogP contribution in [0.15, 0.2) is 30.6 Å². The summed E-state index contributed by atoms with van der Waals surface area (Å²) in [5, 5.41) is 7.55. The molecule has 0 spiro atoms. The minimum atomic E-state index is 0.875. The summed E-state index contributed by atoms with van der Waals surface area (Å²) in [5.41, 5.74) is 2.36. The van der Waals surface area contributed by atoms with Crippen molar-refractivity contribution in [3.63, 3.8) is 0 Å². The first-order valence-electron chi connectivity index (χ1n) is 6.04. The maximum atomic E-state index is 4.58. The molecule has 0 atom stereocenters. The maximum Gasteiger partial charge on any atom is 0.153 e. The standard InChI is InChI=1S/C13H18N4/c1-3-12-8-11(10-14-4-2)9-13(16-12)17-7-5-6-15-17/h5-9,14H,3-4,10H2,1-2H3. The predicted molar refractivity (Wildman–Crippen MR) is 68.1 cm³/mol. The summed E-state index contributed by atoms with van der Waals surface area (Å²) in [6.07, 6.45) is 4.62. The fraction of sp³-hybridized carbons (Fsp3) is 0.385. The van der Waals surface area contributed by atoms with Crippen molar-refractivity contribution < 1.29 is 0 Å². The number of aromatic nitrogens is 3. The molecule has 0 saturated carbocycles. The van der Waals surface area contributed by atoms with Crippen LogP contribution in [-0.4, -0.2) is 21.3 Å². The van der Waals surface area contributed by atoms with Gasteiger partial charge in [0.25, 0.3) is 0 Å². The SMILES string of the molecule is CCNCc1cc(CC)nc(-n2cccn2)c1. The maximum absolute atomic E-state index is 4.58. The van der Waals surface area contributed by atoms with Crippen LogP contribution < -0.4 is 5.32 Å². The fourth-order valence-corrected chi connectivity index (χ4v) is 1.71. The number of nitrogens with zero attached hydrogens (tertiary/aromatic N) is 3. The Morgan fingerprint density at radius 2 is 2.18 bits per heavy atom. The van der Waals surface area contributed by atoms with Gasteiger partial charge in [-0.2, -0.15) is 5.10 Å². The Morgan fingerprint density at radius 3 is 2.82 bits per heavy atom. The Balaban J connectivity index is 2.32. The van der Waals surface area contributed by atoms with Crippen LogP contribution in [0.2, 0.25) is 0 Å². The van der Waals surface area contributed by atoms with Gasteiger partial charge in [-0.3, -0.25) is 0 Å². The largest absolute Gasteiger partial charge is 0.313 e. The van der Waals surface area contributed by atoms with Crippen LogP contribution in [-0.2, 0) is 13.0 Å². The molecule has 1 N–H and O–H groups in total. The molecule has 2 aromatic heterocycles. The third kappa shape index (κ3) is 2.91. The van der Waals surface area contributed by atoms with E-state index in [1.807, 2.05) is 12.3 Å². The van der Waals surface area contributed by atoms with Crippen molar-refractivity contribution in [3.8, 4) is 5.82 Å². The Hall–Kier alpha value is -1.68. The topological polar surface area (TPSA) is 42.7 Å². The second kappa shape index (κ2) is 5.59. The Bertz CT molecular complexity index is 462. The number of rotatable bonds is 5. The van der Waals surface area contributed by atoms with Crippen molar-refractivity contribution in [1.82, 2.24) is 20.1 Å². The predicted octanol–water partition coefficient (Wildman–Crippen LogP) is 1.94. The quantitative estimate of drug-likeness (QED) is 0.853. The van der Waals surface area contributed by atoms with E-state index in [0.29, 0.717) is 0 Å². The van der Waals surface area contributed by atoms with Gasteiger partial charge in [0.15, 0.2) is 5.82 Å². The Kier molecular flexibility index (Phi) is 3.88. The molecule has 0 bridgehead atoms. The molecule has 4 heteroatoms. The first kappa shape index (κ1) is 11.8. The van der Waals surface area contributed by atoms with Crippen LogP contribution in [0.3, 0.4) is 0 Å². The van der Waals surface area contributed by atoms with Gasteiger partial charge in [0.05, 0.1) is 0 Å². The van der Waals surface area contributed by atoms with Crippen LogP contribution in [0.5, 0.6) is 0 Å². The minimum Gasteiger partial charge on any atom is -0.313 e. The lowest BCUT2D eigenvalue weighted by molar-refractivity contribution is 0.720. The molecule has 4 nitrogen and oxygen atoms in total. The first-order valence-corrected chi connectivity index (χ1v) is 6.04. The molecule has 0 aliphatic heterocycles. The third-order valence-electron chi connectivity index (χ3n) is 2.61. The van der Waals surface area contributed by atoms with Gasteiger partial charge in [0, 0.05) is 24.6 Å². The molecule has 2 rings (SSSR count). The molecule has 0 aliphatic rings. The first-order chi connectivity index (χ1) is 8.33. The van der Waals surface area contributed by atoms with E-state index in [0.717, 1.165) is 31.0 Å². The van der Waals surface area contributed by atoms with Gasteiger partial charge in [0.2, 0.25) is 0 Å². The highest BCUT2D eigenvalue weighted by molar-refractivity contribution is 5.30. The van der Waals surface area contributed by atoms with E-state index in [-0.39, 0.29) is 0 Å². The monoisotopic (exact) mass is 230 g/mol. The summed E-state index contributed by atoms with van der Waals surface area (Å²) in [6, 6.07) is 6.13. The number of hydrogen-bond donors (Lipinski definition) is 1. The van der Waals surface area contributed by atoms with Gasteiger partial charge in [-0.15, -0.1) is 0 Å². The smallest absolute Gasteiger partial charge is 0.153 e.